The lowest BCUT2D eigenvalue weighted by Crippen LogP contribution is -2.32. The average Bonchev–Trinajstić information content (AvgIpc) is 3.01. The molecule has 0 fully saturated rings. The molecule has 0 N–H and O–H groups in total. The highest BCUT2D eigenvalue weighted by Crippen LogP contribution is 2.08. The van der Waals surface area contributed by atoms with Crippen LogP contribution in [0.3, 0.4) is 0 Å². The van der Waals surface area contributed by atoms with Gasteiger partial charge < -0.3 is 9.47 Å². The summed E-state index contributed by atoms with van der Waals surface area (Å²) in [5.74, 6) is 0. The van der Waals surface area contributed by atoms with Gasteiger partial charge in [0.15, 0.2) is 13.5 Å². The summed E-state index contributed by atoms with van der Waals surface area (Å²) in [5, 5.41) is 0. The van der Waals surface area contributed by atoms with Crippen molar-refractivity contribution < 1.29 is 14.0 Å². The first-order valence-electron chi connectivity index (χ1n) is 9.57. The molecule has 0 unspecified atom stereocenters. The van der Waals surface area contributed by atoms with Gasteiger partial charge in [-0.1, -0.05) is 65.2 Å². The van der Waals surface area contributed by atoms with E-state index in [0.29, 0.717) is 13.5 Å². The Balaban J connectivity index is 1.92. The van der Waals surface area contributed by atoms with Crippen LogP contribution >= 0.6 is 0 Å². The minimum absolute atomic E-state index is 0.630. The molecule has 134 valence electrons. The predicted octanol–water partition coefficient (Wildman–Crippen LogP) is 4.66. The molecule has 4 heteroatoms. The molecule has 0 radical (unpaired) electrons. The molecular formula is C19H37N2O2+. The van der Waals surface area contributed by atoms with Crippen molar-refractivity contribution in [3.8, 4) is 0 Å². The van der Waals surface area contributed by atoms with Crippen molar-refractivity contribution in [1.82, 2.24) is 4.57 Å². The number of aromatic nitrogens is 2. The molecule has 0 aliphatic heterocycles. The summed E-state index contributed by atoms with van der Waals surface area (Å²) in [5.41, 5.74) is 0. The standard InChI is InChI=1S/C19H37N2O2/c1-3-5-7-8-9-10-11-12-16-23-19-21-14-13-20(17-21)18-22-15-6-4-2/h13-14,17H,3-12,15-16,18-19H2,1-2H3/q+1. The summed E-state index contributed by atoms with van der Waals surface area (Å²) in [4.78, 5) is 0. The molecule has 23 heavy (non-hydrogen) atoms. The van der Waals surface area contributed by atoms with Gasteiger partial charge >= 0.3 is 0 Å². The first-order chi connectivity index (χ1) is 11.4. The minimum Gasteiger partial charge on any atom is -0.342 e. The molecule has 0 atom stereocenters. The van der Waals surface area contributed by atoms with Crippen LogP contribution in [0.25, 0.3) is 0 Å². The van der Waals surface area contributed by atoms with Gasteiger partial charge in [-0.3, -0.25) is 0 Å². The maximum atomic E-state index is 5.73. The fourth-order valence-corrected chi connectivity index (χ4v) is 2.52. The highest BCUT2D eigenvalue weighted by atomic mass is 16.5. The smallest absolute Gasteiger partial charge is 0.247 e. The fourth-order valence-electron chi connectivity index (χ4n) is 2.52. The van der Waals surface area contributed by atoms with Gasteiger partial charge in [0, 0.05) is 0 Å². The molecule has 0 aliphatic rings. The van der Waals surface area contributed by atoms with Crippen molar-refractivity contribution in [2.24, 2.45) is 0 Å². The van der Waals surface area contributed by atoms with Crippen LogP contribution in [0.5, 0.6) is 0 Å². The van der Waals surface area contributed by atoms with E-state index < -0.39 is 0 Å². The van der Waals surface area contributed by atoms with Crippen LogP contribution in [-0.4, -0.2) is 17.8 Å². The number of imidazole rings is 1. The normalized spacial score (nSPS) is 11.2. The van der Waals surface area contributed by atoms with Crippen molar-refractivity contribution in [3.63, 3.8) is 0 Å². The van der Waals surface area contributed by atoms with E-state index in [1.807, 2.05) is 18.7 Å². The molecule has 4 nitrogen and oxygen atoms in total. The summed E-state index contributed by atoms with van der Waals surface area (Å²) in [7, 11) is 0. The van der Waals surface area contributed by atoms with Gasteiger partial charge in [-0.05, 0) is 12.8 Å². The fraction of sp³-hybridized carbons (Fsp3) is 0.842. The van der Waals surface area contributed by atoms with Gasteiger partial charge in [0.05, 0.1) is 13.2 Å². The first-order valence-corrected chi connectivity index (χ1v) is 9.57. The van der Waals surface area contributed by atoms with Crippen LogP contribution < -0.4 is 4.57 Å². The molecule has 0 bridgehead atoms. The van der Waals surface area contributed by atoms with Crippen LogP contribution in [0.1, 0.15) is 78.1 Å². The molecule has 0 saturated heterocycles. The number of unbranched alkanes of at least 4 members (excludes halogenated alkanes) is 8. The van der Waals surface area contributed by atoms with Gasteiger partial charge in [0.1, 0.15) is 12.4 Å². The monoisotopic (exact) mass is 325 g/mol. The molecule has 0 aromatic carbocycles. The Hall–Kier alpha value is -0.870. The highest BCUT2D eigenvalue weighted by molar-refractivity contribution is 4.63. The Labute approximate surface area is 142 Å². The van der Waals surface area contributed by atoms with Crippen molar-refractivity contribution in [1.29, 1.82) is 0 Å². The van der Waals surface area contributed by atoms with E-state index >= 15 is 0 Å². The van der Waals surface area contributed by atoms with Crippen molar-refractivity contribution in [2.75, 3.05) is 13.2 Å². The van der Waals surface area contributed by atoms with Gasteiger partial charge in [0.2, 0.25) is 6.33 Å². The molecule has 0 saturated carbocycles. The molecule has 1 heterocycles. The van der Waals surface area contributed by atoms with E-state index in [-0.39, 0.29) is 0 Å². The van der Waals surface area contributed by atoms with Crippen molar-refractivity contribution >= 4 is 0 Å². The Morgan fingerprint density at radius 2 is 1.43 bits per heavy atom. The van der Waals surface area contributed by atoms with E-state index in [1.165, 1.54) is 57.8 Å². The number of hydrogen-bond donors (Lipinski definition) is 0. The summed E-state index contributed by atoms with van der Waals surface area (Å²) < 4.78 is 15.4. The molecule has 1 aromatic rings. The Morgan fingerprint density at radius 3 is 2.17 bits per heavy atom. The maximum Gasteiger partial charge on any atom is 0.247 e. The molecule has 1 aromatic heterocycles. The average molecular weight is 326 g/mol. The second kappa shape index (κ2) is 14.7. The zero-order valence-corrected chi connectivity index (χ0v) is 15.3. The topological polar surface area (TPSA) is 27.3 Å². The zero-order chi connectivity index (χ0) is 16.6. The van der Waals surface area contributed by atoms with Crippen LogP contribution in [0.15, 0.2) is 18.7 Å². The Morgan fingerprint density at radius 1 is 0.783 bits per heavy atom. The third kappa shape index (κ3) is 11.3. The predicted molar refractivity (Wildman–Crippen MR) is 94.0 cm³/mol. The molecule has 0 spiro atoms. The highest BCUT2D eigenvalue weighted by Gasteiger charge is 2.03. The summed E-state index contributed by atoms with van der Waals surface area (Å²) in [6.45, 7) is 7.41. The SMILES string of the molecule is CCCCCCCCCCOC[n+]1ccn(COCCCC)c1. The van der Waals surface area contributed by atoms with Crippen molar-refractivity contribution in [2.45, 2.75) is 91.5 Å². The lowest BCUT2D eigenvalue weighted by Gasteiger charge is -2.03. The summed E-state index contributed by atoms with van der Waals surface area (Å²) in [6.07, 6.45) is 19.2. The van der Waals surface area contributed by atoms with Crippen LogP contribution in [-0.2, 0) is 22.9 Å². The van der Waals surface area contributed by atoms with Gasteiger partial charge in [-0.2, -0.15) is 0 Å². The van der Waals surface area contributed by atoms with Gasteiger partial charge in [0.25, 0.3) is 0 Å². The lowest BCUT2D eigenvalue weighted by atomic mass is 10.1. The Kier molecular flexibility index (Phi) is 12.9. The van der Waals surface area contributed by atoms with E-state index in [9.17, 15) is 0 Å². The first kappa shape index (κ1) is 20.2. The second-order valence-corrected chi connectivity index (χ2v) is 6.35. The largest absolute Gasteiger partial charge is 0.342 e. The van der Waals surface area contributed by atoms with E-state index in [4.69, 9.17) is 9.47 Å². The lowest BCUT2D eigenvalue weighted by molar-refractivity contribution is -0.732. The van der Waals surface area contributed by atoms with E-state index in [2.05, 4.69) is 23.0 Å². The maximum absolute atomic E-state index is 5.73. The van der Waals surface area contributed by atoms with Crippen LogP contribution in [0.4, 0.5) is 0 Å². The molecule has 0 aliphatic carbocycles. The molecular weight excluding hydrogens is 288 g/mol. The van der Waals surface area contributed by atoms with Crippen LogP contribution in [0.2, 0.25) is 0 Å². The quantitative estimate of drug-likeness (QED) is 0.326. The van der Waals surface area contributed by atoms with E-state index in [0.717, 1.165) is 19.6 Å². The number of nitrogens with zero attached hydrogens (tertiary/aromatic N) is 2. The number of ether oxygens (including phenoxy) is 2. The zero-order valence-electron chi connectivity index (χ0n) is 15.3. The Bertz CT molecular complexity index is 366. The number of hydrogen-bond acceptors (Lipinski definition) is 2. The third-order valence-electron chi connectivity index (χ3n) is 4.01. The summed E-state index contributed by atoms with van der Waals surface area (Å²) >= 11 is 0. The van der Waals surface area contributed by atoms with Crippen molar-refractivity contribution in [3.05, 3.63) is 18.7 Å². The minimum atomic E-state index is 0.630. The molecule has 1 rings (SSSR count). The van der Waals surface area contributed by atoms with Crippen LogP contribution in [0, 0.1) is 0 Å². The second-order valence-electron chi connectivity index (χ2n) is 6.35. The third-order valence-corrected chi connectivity index (χ3v) is 4.01. The molecule has 0 amide bonds. The van der Waals surface area contributed by atoms with E-state index in [1.54, 1.807) is 0 Å². The number of rotatable bonds is 16. The van der Waals surface area contributed by atoms with Gasteiger partial charge in [-0.25, -0.2) is 9.13 Å². The summed E-state index contributed by atoms with van der Waals surface area (Å²) in [6, 6.07) is 0. The van der Waals surface area contributed by atoms with Gasteiger partial charge in [-0.15, -0.1) is 0 Å².